The number of nitrogens with one attached hydrogen (secondary N) is 1. The Morgan fingerprint density at radius 1 is 1.64 bits per heavy atom. The topological polar surface area (TPSA) is 66.4 Å². The highest BCUT2D eigenvalue weighted by molar-refractivity contribution is 5.95. The summed E-state index contributed by atoms with van der Waals surface area (Å²) in [5.41, 5.74) is 0. The summed E-state index contributed by atoms with van der Waals surface area (Å²) in [6.07, 6.45) is 3.44. The van der Waals surface area contributed by atoms with Crippen molar-refractivity contribution in [3.8, 4) is 0 Å². The smallest absolute Gasteiger partial charge is 0.220 e. The largest absolute Gasteiger partial charge is 0.396 e. The molecule has 14 heavy (non-hydrogen) atoms. The Kier molecular flexibility index (Phi) is 3.83. The molecule has 0 bridgehead atoms. The lowest BCUT2D eigenvalue weighted by atomic mass is 9.92. The lowest BCUT2D eigenvalue weighted by Gasteiger charge is -2.14. The zero-order chi connectivity index (χ0) is 10.6. The molecule has 4 nitrogen and oxygen atoms in total. The van der Waals surface area contributed by atoms with Crippen molar-refractivity contribution in [1.29, 1.82) is 0 Å². The predicted molar refractivity (Wildman–Crippen MR) is 51.5 cm³/mol. The normalized spacial score (nSPS) is 25.4. The second-order valence-electron chi connectivity index (χ2n) is 3.37. The molecule has 0 aromatic carbocycles. The van der Waals surface area contributed by atoms with E-state index in [1.807, 2.05) is 6.92 Å². The Morgan fingerprint density at radius 2 is 2.36 bits per heavy atom. The second kappa shape index (κ2) is 4.91. The third-order valence-corrected chi connectivity index (χ3v) is 2.38. The summed E-state index contributed by atoms with van der Waals surface area (Å²) in [6.45, 7) is 2.25. The van der Waals surface area contributed by atoms with Gasteiger partial charge in [-0.3, -0.25) is 9.59 Å². The van der Waals surface area contributed by atoms with E-state index in [1.165, 1.54) is 6.08 Å². The van der Waals surface area contributed by atoms with Crippen LogP contribution in [0.5, 0.6) is 0 Å². The highest BCUT2D eigenvalue weighted by atomic mass is 16.3. The maximum Gasteiger partial charge on any atom is 0.220 e. The van der Waals surface area contributed by atoms with Gasteiger partial charge in [-0.25, -0.2) is 0 Å². The van der Waals surface area contributed by atoms with E-state index in [9.17, 15) is 9.59 Å². The molecule has 1 amide bonds. The fraction of sp³-hybridized carbons (Fsp3) is 0.600. The molecule has 0 heterocycles. The molecule has 0 saturated carbocycles. The van der Waals surface area contributed by atoms with Crippen molar-refractivity contribution in [2.24, 2.45) is 11.8 Å². The number of allylic oxidation sites excluding steroid dienone is 2. The van der Waals surface area contributed by atoms with Crippen LogP contribution < -0.4 is 5.32 Å². The van der Waals surface area contributed by atoms with Gasteiger partial charge in [0.05, 0.1) is 12.5 Å². The number of hydrogen-bond acceptors (Lipinski definition) is 3. The minimum atomic E-state index is -0.419. The molecule has 2 atom stereocenters. The van der Waals surface area contributed by atoms with Gasteiger partial charge < -0.3 is 10.4 Å². The minimum absolute atomic E-state index is 0.0738. The lowest BCUT2D eigenvalue weighted by Crippen LogP contribution is -2.28. The Morgan fingerprint density at radius 3 is 2.93 bits per heavy atom. The first-order chi connectivity index (χ1) is 6.69. The van der Waals surface area contributed by atoms with Crippen LogP contribution in [0.15, 0.2) is 12.2 Å². The van der Waals surface area contributed by atoms with E-state index in [4.69, 9.17) is 5.11 Å². The summed E-state index contributed by atoms with van der Waals surface area (Å²) in [5.74, 6) is -0.714. The van der Waals surface area contributed by atoms with Gasteiger partial charge in [0, 0.05) is 13.0 Å². The van der Waals surface area contributed by atoms with Crippen LogP contribution in [0, 0.1) is 11.8 Å². The van der Waals surface area contributed by atoms with Crippen molar-refractivity contribution in [1.82, 2.24) is 5.32 Å². The molecule has 1 aliphatic rings. The summed E-state index contributed by atoms with van der Waals surface area (Å²) < 4.78 is 0. The number of aliphatic hydroxyl groups is 1. The summed E-state index contributed by atoms with van der Waals surface area (Å²) >= 11 is 0. The van der Waals surface area contributed by atoms with Gasteiger partial charge in [0.1, 0.15) is 0 Å². The maximum atomic E-state index is 11.2. The van der Waals surface area contributed by atoms with Gasteiger partial charge in [0.25, 0.3) is 0 Å². The minimum Gasteiger partial charge on any atom is -0.396 e. The quantitative estimate of drug-likeness (QED) is 0.660. The molecule has 1 aliphatic carbocycles. The van der Waals surface area contributed by atoms with E-state index >= 15 is 0 Å². The van der Waals surface area contributed by atoms with Crippen molar-refractivity contribution in [2.45, 2.75) is 13.3 Å². The number of carbonyl (C=O) groups is 2. The fourth-order valence-electron chi connectivity index (χ4n) is 1.61. The average molecular weight is 197 g/mol. The molecule has 78 valence electrons. The van der Waals surface area contributed by atoms with Gasteiger partial charge in [-0.15, -0.1) is 0 Å². The van der Waals surface area contributed by atoms with Crippen LogP contribution in [0.4, 0.5) is 0 Å². The molecule has 0 aliphatic heterocycles. The van der Waals surface area contributed by atoms with Gasteiger partial charge >= 0.3 is 0 Å². The first-order valence-electron chi connectivity index (χ1n) is 4.78. The van der Waals surface area contributed by atoms with Crippen LogP contribution in [-0.2, 0) is 9.59 Å². The van der Waals surface area contributed by atoms with Crippen LogP contribution in [0.25, 0.3) is 0 Å². The van der Waals surface area contributed by atoms with Gasteiger partial charge in [-0.1, -0.05) is 6.08 Å². The van der Waals surface area contributed by atoms with Gasteiger partial charge in [0.2, 0.25) is 5.91 Å². The summed E-state index contributed by atoms with van der Waals surface area (Å²) in [7, 11) is 0. The monoisotopic (exact) mass is 197 g/mol. The molecule has 0 aromatic rings. The zero-order valence-electron chi connectivity index (χ0n) is 8.19. The average Bonchev–Trinajstić information content (AvgIpc) is 2.47. The lowest BCUT2D eigenvalue weighted by molar-refractivity contribution is -0.123. The standard InChI is InChI=1S/C10H15NO3/c1-2-11-10(14)5-7-3-4-9(13)8(7)6-12/h3-4,7-8,12H,2,5-6H2,1H3,(H,11,14)/t7-,8+/m0/s1. The third kappa shape index (κ3) is 2.42. The van der Waals surface area contributed by atoms with Crippen molar-refractivity contribution >= 4 is 11.7 Å². The van der Waals surface area contributed by atoms with E-state index in [1.54, 1.807) is 6.08 Å². The highest BCUT2D eigenvalue weighted by Crippen LogP contribution is 2.24. The van der Waals surface area contributed by atoms with E-state index in [2.05, 4.69) is 5.32 Å². The van der Waals surface area contributed by atoms with Crippen molar-refractivity contribution < 1.29 is 14.7 Å². The second-order valence-corrected chi connectivity index (χ2v) is 3.37. The van der Waals surface area contributed by atoms with Crippen LogP contribution in [0.3, 0.4) is 0 Å². The number of carbonyl (C=O) groups excluding carboxylic acids is 2. The molecule has 4 heteroatoms. The number of hydrogen-bond donors (Lipinski definition) is 2. The number of ketones is 1. The van der Waals surface area contributed by atoms with Gasteiger partial charge in [-0.05, 0) is 18.9 Å². The highest BCUT2D eigenvalue weighted by Gasteiger charge is 2.30. The summed E-state index contributed by atoms with van der Waals surface area (Å²) in [6, 6.07) is 0. The van der Waals surface area contributed by atoms with Crippen LogP contribution in [0.2, 0.25) is 0 Å². The third-order valence-electron chi connectivity index (χ3n) is 2.38. The molecule has 2 N–H and O–H groups in total. The van der Waals surface area contributed by atoms with E-state index in [-0.39, 0.29) is 30.6 Å². The molecular weight excluding hydrogens is 182 g/mol. The summed E-state index contributed by atoms with van der Waals surface area (Å²) in [4.78, 5) is 22.4. The van der Waals surface area contributed by atoms with Gasteiger partial charge in [-0.2, -0.15) is 0 Å². The van der Waals surface area contributed by atoms with E-state index in [0.29, 0.717) is 6.54 Å². The molecule has 1 rings (SSSR count). The first-order valence-corrected chi connectivity index (χ1v) is 4.78. The van der Waals surface area contributed by atoms with Crippen molar-refractivity contribution in [2.75, 3.05) is 13.2 Å². The molecular formula is C10H15NO3. The number of rotatable bonds is 4. The Hall–Kier alpha value is -1.16. The molecule has 0 fully saturated rings. The molecule has 0 unspecified atom stereocenters. The van der Waals surface area contributed by atoms with Gasteiger partial charge in [0.15, 0.2) is 5.78 Å². The first kappa shape index (κ1) is 10.9. The van der Waals surface area contributed by atoms with Crippen LogP contribution in [0.1, 0.15) is 13.3 Å². The molecule has 0 saturated heterocycles. The maximum absolute atomic E-state index is 11.2. The van der Waals surface area contributed by atoms with Crippen molar-refractivity contribution in [3.63, 3.8) is 0 Å². The van der Waals surface area contributed by atoms with E-state index < -0.39 is 5.92 Å². The van der Waals surface area contributed by atoms with Crippen LogP contribution >= 0.6 is 0 Å². The zero-order valence-corrected chi connectivity index (χ0v) is 8.19. The molecule has 0 spiro atoms. The Labute approximate surface area is 83.0 Å². The molecule has 0 radical (unpaired) electrons. The Balaban J connectivity index is 2.49. The fourth-order valence-corrected chi connectivity index (χ4v) is 1.61. The SMILES string of the molecule is CCNC(=O)C[C@@H]1C=CC(=O)[C@@H]1CO. The van der Waals surface area contributed by atoms with E-state index in [0.717, 1.165) is 0 Å². The number of amides is 1. The number of aliphatic hydroxyl groups excluding tert-OH is 1. The van der Waals surface area contributed by atoms with Crippen molar-refractivity contribution in [3.05, 3.63) is 12.2 Å². The Bertz CT molecular complexity index is 260. The predicted octanol–water partition coefficient (Wildman–Crippen LogP) is -0.124. The van der Waals surface area contributed by atoms with Crippen LogP contribution in [-0.4, -0.2) is 29.9 Å². The molecule has 0 aromatic heterocycles. The summed E-state index contributed by atoms with van der Waals surface area (Å²) in [5, 5.41) is 11.6.